The summed E-state index contributed by atoms with van der Waals surface area (Å²) in [6.45, 7) is 0.555. The van der Waals surface area contributed by atoms with Crippen molar-refractivity contribution in [1.82, 2.24) is 35.2 Å². The molecule has 8 heteroatoms. The molecule has 2 aliphatic carbocycles. The van der Waals surface area contributed by atoms with Crippen molar-refractivity contribution in [1.29, 1.82) is 0 Å². The molecule has 2 aliphatic rings. The molecule has 2 fully saturated rings. The number of nitrogen functional groups attached to an aromatic ring is 1. The zero-order chi connectivity index (χ0) is 12.1. The molecule has 0 saturated heterocycles. The predicted molar refractivity (Wildman–Crippen MR) is 61.6 cm³/mol. The number of hydrogen-bond donors (Lipinski definition) is 1. The summed E-state index contributed by atoms with van der Waals surface area (Å²) in [6, 6.07) is 0.472. The highest BCUT2D eigenvalue weighted by molar-refractivity contribution is 5.38. The fourth-order valence-corrected chi connectivity index (χ4v) is 2.28. The van der Waals surface area contributed by atoms with Gasteiger partial charge in [0.2, 0.25) is 0 Å². The molecule has 2 saturated carbocycles. The Morgan fingerprint density at radius 1 is 1.11 bits per heavy atom. The van der Waals surface area contributed by atoms with Crippen molar-refractivity contribution in [3.8, 4) is 0 Å². The summed E-state index contributed by atoms with van der Waals surface area (Å²) in [5.74, 6) is 1.90. The molecule has 0 radical (unpaired) electrons. The Morgan fingerprint density at radius 3 is 2.67 bits per heavy atom. The van der Waals surface area contributed by atoms with Gasteiger partial charge in [0.25, 0.3) is 0 Å². The first-order chi connectivity index (χ1) is 8.83. The van der Waals surface area contributed by atoms with Crippen LogP contribution in [0.2, 0.25) is 0 Å². The zero-order valence-corrected chi connectivity index (χ0v) is 9.90. The van der Waals surface area contributed by atoms with E-state index in [1.807, 2.05) is 9.36 Å². The summed E-state index contributed by atoms with van der Waals surface area (Å²) in [7, 11) is 0. The summed E-state index contributed by atoms with van der Waals surface area (Å²) in [5.41, 5.74) is 6.91. The van der Waals surface area contributed by atoms with E-state index in [0.717, 1.165) is 24.4 Å². The molecular formula is C10H14N8. The number of aromatic nitrogens is 7. The van der Waals surface area contributed by atoms with Crippen LogP contribution in [0, 0.1) is 0 Å². The van der Waals surface area contributed by atoms with Crippen LogP contribution in [0.25, 0.3) is 0 Å². The minimum atomic E-state index is 0.472. The van der Waals surface area contributed by atoms with Gasteiger partial charge in [0.1, 0.15) is 6.54 Å². The molecule has 2 N–H and O–H groups in total. The minimum absolute atomic E-state index is 0.472. The quantitative estimate of drug-likeness (QED) is 0.821. The summed E-state index contributed by atoms with van der Waals surface area (Å²) in [6.07, 6.45) is 4.66. The summed E-state index contributed by atoms with van der Waals surface area (Å²) < 4.78 is 3.74. The molecule has 0 unspecified atom stereocenters. The Morgan fingerprint density at radius 2 is 1.94 bits per heavy atom. The van der Waals surface area contributed by atoms with E-state index in [1.54, 1.807) is 0 Å². The van der Waals surface area contributed by atoms with Gasteiger partial charge in [0.15, 0.2) is 11.6 Å². The van der Waals surface area contributed by atoms with Gasteiger partial charge in [0, 0.05) is 5.92 Å². The Bertz CT molecular complexity index is 576. The number of nitrogens with zero attached hydrogens (tertiary/aromatic N) is 7. The van der Waals surface area contributed by atoms with Crippen molar-refractivity contribution in [2.45, 2.75) is 44.2 Å². The first kappa shape index (κ1) is 9.98. The van der Waals surface area contributed by atoms with E-state index >= 15 is 0 Å². The van der Waals surface area contributed by atoms with E-state index in [0.29, 0.717) is 24.3 Å². The van der Waals surface area contributed by atoms with Crippen LogP contribution >= 0.6 is 0 Å². The summed E-state index contributed by atoms with van der Waals surface area (Å²) in [5, 5.41) is 19.9. The van der Waals surface area contributed by atoms with Gasteiger partial charge in [-0.25, -0.2) is 9.36 Å². The van der Waals surface area contributed by atoms with Crippen LogP contribution in [0.5, 0.6) is 0 Å². The second kappa shape index (κ2) is 3.50. The average Bonchev–Trinajstić information content (AvgIpc) is 3.28. The van der Waals surface area contributed by atoms with Crippen LogP contribution in [0.4, 0.5) is 5.82 Å². The Labute approximate surface area is 103 Å². The van der Waals surface area contributed by atoms with Gasteiger partial charge in [-0.15, -0.1) is 10.2 Å². The summed E-state index contributed by atoms with van der Waals surface area (Å²) in [4.78, 5) is 0. The third-order valence-corrected chi connectivity index (χ3v) is 3.51. The smallest absolute Gasteiger partial charge is 0.173 e. The lowest BCUT2D eigenvalue weighted by atomic mass is 10.3. The standard InChI is InChI=1S/C10H14N8/c11-10-9(6-1-2-6)17(15-13-10)5-8-12-14-16-18(8)7-3-4-7/h6-7H,1-5,11H2. The first-order valence-electron chi connectivity index (χ1n) is 6.28. The van der Waals surface area contributed by atoms with E-state index in [4.69, 9.17) is 5.73 Å². The molecule has 0 atom stereocenters. The monoisotopic (exact) mass is 246 g/mol. The SMILES string of the molecule is Nc1nnn(Cc2nnnn2C2CC2)c1C1CC1. The highest BCUT2D eigenvalue weighted by Gasteiger charge is 2.32. The zero-order valence-electron chi connectivity index (χ0n) is 9.90. The number of anilines is 1. The molecule has 4 rings (SSSR count). The van der Waals surface area contributed by atoms with Gasteiger partial charge < -0.3 is 5.73 Å². The Hall–Kier alpha value is -1.99. The Balaban J connectivity index is 1.65. The third kappa shape index (κ3) is 1.56. The van der Waals surface area contributed by atoms with Crippen molar-refractivity contribution >= 4 is 5.82 Å². The predicted octanol–water partition coefficient (Wildman–Crippen LogP) is 0.107. The van der Waals surface area contributed by atoms with Gasteiger partial charge in [-0.1, -0.05) is 5.21 Å². The third-order valence-electron chi connectivity index (χ3n) is 3.51. The maximum atomic E-state index is 5.87. The van der Waals surface area contributed by atoms with Gasteiger partial charge in [0.05, 0.1) is 11.7 Å². The lowest BCUT2D eigenvalue weighted by molar-refractivity contribution is 0.533. The summed E-state index contributed by atoms with van der Waals surface area (Å²) >= 11 is 0. The second-order valence-corrected chi connectivity index (χ2v) is 5.06. The van der Waals surface area contributed by atoms with Crippen LogP contribution in [0.3, 0.4) is 0 Å². The van der Waals surface area contributed by atoms with Crippen LogP contribution in [-0.4, -0.2) is 35.2 Å². The molecule has 18 heavy (non-hydrogen) atoms. The topological polar surface area (TPSA) is 100 Å². The molecule has 2 aromatic rings. The van der Waals surface area contributed by atoms with Crippen molar-refractivity contribution < 1.29 is 0 Å². The molecule has 94 valence electrons. The lowest BCUT2D eigenvalue weighted by Gasteiger charge is -2.05. The number of nitrogens with two attached hydrogens (primary N) is 1. The van der Waals surface area contributed by atoms with Gasteiger partial charge in [-0.3, -0.25) is 0 Å². The molecule has 8 nitrogen and oxygen atoms in total. The maximum Gasteiger partial charge on any atom is 0.173 e. The number of hydrogen-bond acceptors (Lipinski definition) is 6. The average molecular weight is 246 g/mol. The van der Waals surface area contributed by atoms with Crippen molar-refractivity contribution in [3.63, 3.8) is 0 Å². The van der Waals surface area contributed by atoms with Gasteiger partial charge in [-0.2, -0.15) is 0 Å². The minimum Gasteiger partial charge on any atom is -0.381 e. The van der Waals surface area contributed by atoms with E-state index in [1.165, 1.54) is 12.8 Å². The largest absolute Gasteiger partial charge is 0.381 e. The van der Waals surface area contributed by atoms with Crippen molar-refractivity contribution in [3.05, 3.63) is 11.5 Å². The van der Waals surface area contributed by atoms with Gasteiger partial charge >= 0.3 is 0 Å². The molecule has 0 aliphatic heterocycles. The molecule has 2 aromatic heterocycles. The van der Waals surface area contributed by atoms with Crippen LogP contribution in [-0.2, 0) is 6.54 Å². The Kier molecular flexibility index (Phi) is 1.94. The lowest BCUT2D eigenvalue weighted by Crippen LogP contribution is -2.12. The number of rotatable bonds is 4. The highest BCUT2D eigenvalue weighted by atomic mass is 15.6. The van der Waals surface area contributed by atoms with Crippen LogP contribution in [0.15, 0.2) is 0 Å². The van der Waals surface area contributed by atoms with E-state index in [2.05, 4.69) is 25.8 Å². The van der Waals surface area contributed by atoms with E-state index < -0.39 is 0 Å². The first-order valence-corrected chi connectivity index (χ1v) is 6.28. The fourth-order valence-electron chi connectivity index (χ4n) is 2.28. The molecular weight excluding hydrogens is 232 g/mol. The maximum absolute atomic E-state index is 5.87. The van der Waals surface area contributed by atoms with Crippen LogP contribution < -0.4 is 5.73 Å². The van der Waals surface area contributed by atoms with Gasteiger partial charge in [-0.05, 0) is 36.1 Å². The second-order valence-electron chi connectivity index (χ2n) is 5.06. The van der Waals surface area contributed by atoms with Crippen LogP contribution in [0.1, 0.15) is 49.2 Å². The molecule has 0 amide bonds. The molecule has 0 bridgehead atoms. The van der Waals surface area contributed by atoms with E-state index in [9.17, 15) is 0 Å². The molecule has 0 spiro atoms. The van der Waals surface area contributed by atoms with Crippen molar-refractivity contribution in [2.24, 2.45) is 0 Å². The van der Waals surface area contributed by atoms with E-state index in [-0.39, 0.29) is 0 Å². The highest BCUT2D eigenvalue weighted by Crippen LogP contribution is 2.42. The number of tetrazole rings is 1. The molecule has 2 heterocycles. The molecule has 0 aromatic carbocycles. The normalized spacial score (nSPS) is 19.3. The van der Waals surface area contributed by atoms with Crippen molar-refractivity contribution in [2.75, 3.05) is 5.73 Å². The fraction of sp³-hybridized carbons (Fsp3) is 0.700.